The van der Waals surface area contributed by atoms with Crippen LogP contribution in [0.3, 0.4) is 0 Å². The number of hydrogen-bond donors (Lipinski definition) is 0. The second-order valence-corrected chi connectivity index (χ2v) is 4.94. The molecule has 2 aliphatic carbocycles. The van der Waals surface area contributed by atoms with Crippen molar-refractivity contribution in [2.24, 2.45) is 23.7 Å². The Bertz CT molecular complexity index is 376. The van der Waals surface area contributed by atoms with Crippen molar-refractivity contribution < 1.29 is 14.3 Å². The quantitative estimate of drug-likeness (QED) is 0.629. The highest BCUT2D eigenvalue weighted by atomic mass is 16.6. The van der Waals surface area contributed by atoms with Gasteiger partial charge in [-0.25, -0.2) is 9.69 Å². The number of allylic oxidation sites excluding steroid dienone is 2. The van der Waals surface area contributed by atoms with Crippen LogP contribution in [-0.4, -0.2) is 30.1 Å². The van der Waals surface area contributed by atoms with Crippen molar-refractivity contribution >= 4 is 12.0 Å². The van der Waals surface area contributed by atoms with Crippen LogP contribution in [0.15, 0.2) is 12.2 Å². The maximum Gasteiger partial charge on any atom is 0.416 e. The summed E-state index contributed by atoms with van der Waals surface area (Å²) in [5.41, 5.74) is 0. The van der Waals surface area contributed by atoms with Crippen LogP contribution >= 0.6 is 0 Å². The first-order valence-corrected chi connectivity index (χ1v) is 5.85. The maximum absolute atomic E-state index is 12.2. The molecule has 0 aromatic rings. The molecule has 0 N–H and O–H groups in total. The van der Waals surface area contributed by atoms with E-state index in [2.05, 4.69) is 19.1 Å². The predicted octanol–water partition coefficient (Wildman–Crippen LogP) is 1.42. The van der Waals surface area contributed by atoms with Gasteiger partial charge in [0.05, 0.1) is 6.54 Å². The van der Waals surface area contributed by atoms with E-state index in [0.717, 1.165) is 6.42 Å². The molecule has 4 nitrogen and oxygen atoms in total. The number of carbonyl (C=O) groups is 2. The summed E-state index contributed by atoms with van der Waals surface area (Å²) < 4.78 is 4.81. The Labute approximate surface area is 94.2 Å². The molecular formula is C12H15NO3. The van der Waals surface area contributed by atoms with Gasteiger partial charge in [-0.1, -0.05) is 19.1 Å². The van der Waals surface area contributed by atoms with E-state index in [1.807, 2.05) is 0 Å². The molecule has 3 aliphatic rings. The van der Waals surface area contributed by atoms with E-state index in [9.17, 15) is 9.59 Å². The molecule has 1 heterocycles. The summed E-state index contributed by atoms with van der Waals surface area (Å²) in [7, 11) is 0. The Morgan fingerprint density at radius 1 is 1.44 bits per heavy atom. The Balaban J connectivity index is 1.81. The van der Waals surface area contributed by atoms with Crippen molar-refractivity contribution in [3.05, 3.63) is 12.2 Å². The zero-order chi connectivity index (χ0) is 11.3. The molecule has 16 heavy (non-hydrogen) atoms. The molecule has 2 bridgehead atoms. The third-order valence-corrected chi connectivity index (χ3v) is 4.16. The molecule has 0 unspecified atom stereocenters. The second kappa shape index (κ2) is 3.34. The lowest BCUT2D eigenvalue weighted by atomic mass is 9.83. The fourth-order valence-electron chi connectivity index (χ4n) is 3.25. The standard InChI is InChI=1S/C12H15NO3/c1-7-8-2-3-9(6-8)10(7)11(14)13-4-5-16-12(13)15/h2-3,7-10H,4-6H2,1H3/t7-,8+,9-,10-/m1/s1. The number of imide groups is 1. The monoisotopic (exact) mass is 221 g/mol. The van der Waals surface area contributed by atoms with Crippen LogP contribution in [-0.2, 0) is 9.53 Å². The summed E-state index contributed by atoms with van der Waals surface area (Å²) >= 11 is 0. The van der Waals surface area contributed by atoms with Gasteiger partial charge in [-0.3, -0.25) is 4.79 Å². The number of ether oxygens (including phenoxy) is 1. The third-order valence-electron chi connectivity index (χ3n) is 4.16. The first-order chi connectivity index (χ1) is 7.68. The Hall–Kier alpha value is -1.32. The fourth-order valence-corrected chi connectivity index (χ4v) is 3.25. The maximum atomic E-state index is 12.2. The van der Waals surface area contributed by atoms with Crippen LogP contribution < -0.4 is 0 Å². The largest absolute Gasteiger partial charge is 0.447 e. The molecule has 2 fully saturated rings. The smallest absolute Gasteiger partial charge is 0.416 e. The lowest BCUT2D eigenvalue weighted by Crippen LogP contribution is -2.40. The van der Waals surface area contributed by atoms with Crippen molar-refractivity contribution in [1.29, 1.82) is 0 Å². The highest BCUT2D eigenvalue weighted by molar-refractivity contribution is 5.94. The number of amides is 2. The number of cyclic esters (lactones) is 1. The van der Waals surface area contributed by atoms with E-state index in [4.69, 9.17) is 4.74 Å². The van der Waals surface area contributed by atoms with Crippen LogP contribution in [0.2, 0.25) is 0 Å². The molecule has 4 heteroatoms. The molecule has 4 atom stereocenters. The molecule has 3 rings (SSSR count). The summed E-state index contributed by atoms with van der Waals surface area (Å²) in [4.78, 5) is 24.9. The minimum Gasteiger partial charge on any atom is -0.447 e. The number of carbonyl (C=O) groups excluding carboxylic acids is 2. The molecule has 1 saturated heterocycles. The van der Waals surface area contributed by atoms with Gasteiger partial charge in [0.1, 0.15) is 6.61 Å². The van der Waals surface area contributed by atoms with Gasteiger partial charge in [0, 0.05) is 5.92 Å². The fraction of sp³-hybridized carbons (Fsp3) is 0.667. The Morgan fingerprint density at radius 2 is 2.19 bits per heavy atom. The van der Waals surface area contributed by atoms with Crippen LogP contribution in [0.1, 0.15) is 13.3 Å². The average Bonchev–Trinajstić information content (AvgIpc) is 2.92. The van der Waals surface area contributed by atoms with Crippen molar-refractivity contribution in [2.45, 2.75) is 13.3 Å². The summed E-state index contributed by atoms with van der Waals surface area (Å²) in [5, 5.41) is 0. The van der Waals surface area contributed by atoms with Gasteiger partial charge < -0.3 is 4.74 Å². The highest BCUT2D eigenvalue weighted by Crippen LogP contribution is 2.48. The molecule has 1 saturated carbocycles. The first-order valence-electron chi connectivity index (χ1n) is 5.85. The summed E-state index contributed by atoms with van der Waals surface area (Å²) in [5.74, 6) is 1.17. The van der Waals surface area contributed by atoms with Crippen molar-refractivity contribution in [3.8, 4) is 0 Å². The topological polar surface area (TPSA) is 46.6 Å². The molecule has 2 amide bonds. The van der Waals surface area contributed by atoms with E-state index < -0.39 is 6.09 Å². The molecule has 0 aromatic heterocycles. The van der Waals surface area contributed by atoms with Gasteiger partial charge in [0.15, 0.2) is 0 Å². The van der Waals surface area contributed by atoms with Gasteiger partial charge in [-0.05, 0) is 24.2 Å². The molecule has 86 valence electrons. The second-order valence-electron chi connectivity index (χ2n) is 4.94. The van der Waals surface area contributed by atoms with Gasteiger partial charge in [0.2, 0.25) is 5.91 Å². The van der Waals surface area contributed by atoms with Crippen LogP contribution in [0.25, 0.3) is 0 Å². The Morgan fingerprint density at radius 3 is 2.75 bits per heavy atom. The van der Waals surface area contributed by atoms with Gasteiger partial charge >= 0.3 is 6.09 Å². The minimum atomic E-state index is -0.469. The predicted molar refractivity (Wildman–Crippen MR) is 56.5 cm³/mol. The molecule has 0 spiro atoms. The summed E-state index contributed by atoms with van der Waals surface area (Å²) in [6.45, 7) is 2.87. The molecular weight excluding hydrogens is 206 g/mol. The molecule has 1 aliphatic heterocycles. The number of rotatable bonds is 1. The third kappa shape index (κ3) is 1.22. The first kappa shape index (κ1) is 9.87. The van der Waals surface area contributed by atoms with Gasteiger partial charge in [0.25, 0.3) is 0 Å². The van der Waals surface area contributed by atoms with Gasteiger partial charge in [-0.2, -0.15) is 0 Å². The van der Waals surface area contributed by atoms with Crippen molar-refractivity contribution in [3.63, 3.8) is 0 Å². The zero-order valence-corrected chi connectivity index (χ0v) is 9.26. The highest BCUT2D eigenvalue weighted by Gasteiger charge is 2.48. The average molecular weight is 221 g/mol. The molecule has 0 radical (unpaired) electrons. The van der Waals surface area contributed by atoms with E-state index in [0.29, 0.717) is 30.9 Å². The van der Waals surface area contributed by atoms with Crippen LogP contribution in [0.4, 0.5) is 4.79 Å². The zero-order valence-electron chi connectivity index (χ0n) is 9.26. The SMILES string of the molecule is C[C@H]1[C@@H](C(=O)N2CCOC2=O)[C@@H]2C=C[C@H]1C2. The minimum absolute atomic E-state index is 0.0133. The number of hydrogen-bond acceptors (Lipinski definition) is 3. The lowest BCUT2D eigenvalue weighted by molar-refractivity contribution is -0.134. The van der Waals surface area contributed by atoms with Crippen molar-refractivity contribution in [2.75, 3.05) is 13.2 Å². The van der Waals surface area contributed by atoms with E-state index in [1.165, 1.54) is 4.90 Å². The summed E-state index contributed by atoms with van der Waals surface area (Å²) in [6, 6.07) is 0. The van der Waals surface area contributed by atoms with Crippen molar-refractivity contribution in [1.82, 2.24) is 4.90 Å². The van der Waals surface area contributed by atoms with Crippen LogP contribution in [0, 0.1) is 23.7 Å². The van der Waals surface area contributed by atoms with E-state index in [-0.39, 0.29) is 11.8 Å². The Kier molecular flexibility index (Phi) is 2.06. The number of nitrogens with zero attached hydrogens (tertiary/aromatic N) is 1. The van der Waals surface area contributed by atoms with E-state index >= 15 is 0 Å². The lowest BCUT2D eigenvalue weighted by Gasteiger charge is -2.26. The number of fused-ring (bicyclic) bond motifs is 2. The normalized spacial score (nSPS) is 40.6. The summed E-state index contributed by atoms with van der Waals surface area (Å²) in [6.07, 6.45) is 4.94. The van der Waals surface area contributed by atoms with E-state index in [1.54, 1.807) is 0 Å². The van der Waals surface area contributed by atoms with Gasteiger partial charge in [-0.15, -0.1) is 0 Å². The molecule has 0 aromatic carbocycles. The van der Waals surface area contributed by atoms with Crippen LogP contribution in [0.5, 0.6) is 0 Å².